The van der Waals surface area contributed by atoms with E-state index in [0.717, 1.165) is 23.3 Å². The van der Waals surface area contributed by atoms with Gasteiger partial charge in [-0.1, -0.05) is 60.7 Å². The maximum Gasteiger partial charge on any atom is 0.416 e. The molecule has 1 N–H and O–H groups in total. The lowest BCUT2D eigenvalue weighted by atomic mass is 9.82. The van der Waals surface area contributed by atoms with E-state index >= 15 is 0 Å². The van der Waals surface area contributed by atoms with Crippen molar-refractivity contribution in [3.63, 3.8) is 0 Å². The summed E-state index contributed by atoms with van der Waals surface area (Å²) in [5.74, 6) is 0.248. The molecule has 3 aromatic rings. The van der Waals surface area contributed by atoms with Gasteiger partial charge in [0.25, 0.3) is 0 Å². The zero-order valence-corrected chi connectivity index (χ0v) is 16.7. The van der Waals surface area contributed by atoms with Crippen LogP contribution < -0.4 is 0 Å². The third-order valence-electron chi connectivity index (χ3n) is 5.44. The van der Waals surface area contributed by atoms with E-state index in [0.29, 0.717) is 18.4 Å². The van der Waals surface area contributed by atoms with Crippen LogP contribution in [0.3, 0.4) is 0 Å². The second-order valence-electron chi connectivity index (χ2n) is 7.76. The van der Waals surface area contributed by atoms with Crippen molar-refractivity contribution >= 4 is 5.90 Å². The normalized spacial score (nSPS) is 16.6. The summed E-state index contributed by atoms with van der Waals surface area (Å²) >= 11 is 0. The van der Waals surface area contributed by atoms with E-state index in [9.17, 15) is 18.3 Å². The number of hydrogen-bond donors (Lipinski definition) is 1. The second-order valence-corrected chi connectivity index (χ2v) is 7.76. The number of rotatable bonds is 6. The lowest BCUT2D eigenvalue weighted by Crippen LogP contribution is -2.46. The van der Waals surface area contributed by atoms with Gasteiger partial charge in [-0.15, -0.1) is 0 Å². The third kappa shape index (κ3) is 4.97. The van der Waals surface area contributed by atoms with E-state index in [1.807, 2.05) is 60.7 Å². The van der Waals surface area contributed by atoms with Crippen LogP contribution in [0.15, 0.2) is 89.9 Å². The van der Waals surface area contributed by atoms with E-state index in [4.69, 9.17) is 4.74 Å². The predicted molar refractivity (Wildman–Crippen MR) is 113 cm³/mol. The van der Waals surface area contributed by atoms with Gasteiger partial charge in [-0.2, -0.15) is 13.2 Å². The summed E-state index contributed by atoms with van der Waals surface area (Å²) in [6, 6.07) is 23.5. The quantitative estimate of drug-likeness (QED) is 0.599. The monoisotopic (exact) mass is 425 g/mol. The van der Waals surface area contributed by atoms with Gasteiger partial charge in [0.05, 0.1) is 11.2 Å². The summed E-state index contributed by atoms with van der Waals surface area (Å²) in [5, 5.41) is 11.7. The van der Waals surface area contributed by atoms with Crippen LogP contribution >= 0.6 is 0 Å². The molecule has 0 saturated heterocycles. The van der Waals surface area contributed by atoms with Crippen molar-refractivity contribution in [3.05, 3.63) is 107 Å². The summed E-state index contributed by atoms with van der Waals surface area (Å²) in [7, 11) is 0. The average Bonchev–Trinajstić information content (AvgIpc) is 3.26. The van der Waals surface area contributed by atoms with Crippen LogP contribution in [0, 0.1) is 0 Å². The van der Waals surface area contributed by atoms with E-state index in [-0.39, 0.29) is 12.5 Å². The molecule has 3 nitrogen and oxygen atoms in total. The first kappa shape index (κ1) is 21.1. The van der Waals surface area contributed by atoms with Crippen LogP contribution in [-0.4, -0.2) is 29.3 Å². The minimum absolute atomic E-state index is 0.159. The maximum atomic E-state index is 12.8. The summed E-state index contributed by atoms with van der Waals surface area (Å²) in [6.45, 7) is 0.159. The average molecular weight is 425 g/mol. The number of nitrogens with zero attached hydrogens (tertiary/aromatic N) is 1. The molecule has 6 heteroatoms. The molecular weight excluding hydrogens is 403 g/mol. The van der Waals surface area contributed by atoms with Crippen LogP contribution in [-0.2, 0) is 23.8 Å². The van der Waals surface area contributed by atoms with Gasteiger partial charge in [0, 0.05) is 18.4 Å². The van der Waals surface area contributed by atoms with Crippen molar-refractivity contribution < 1.29 is 23.0 Å². The molecule has 4 rings (SSSR count). The topological polar surface area (TPSA) is 41.8 Å². The molecule has 0 saturated carbocycles. The SMILES string of the molecule is OC(Cc1ccccc1)(Cc1ccccc1)[C@@H]1COC(c2ccc(C(F)(F)F)cc2)=N1. The Morgan fingerprint density at radius 1 is 0.806 bits per heavy atom. The molecule has 0 spiro atoms. The molecule has 0 aromatic heterocycles. The first-order valence-electron chi connectivity index (χ1n) is 10.0. The van der Waals surface area contributed by atoms with E-state index in [1.165, 1.54) is 12.1 Å². The molecule has 1 aliphatic heterocycles. The Bertz CT molecular complexity index is 990. The molecule has 31 heavy (non-hydrogen) atoms. The number of aliphatic imine (C=N–C) groups is 1. The van der Waals surface area contributed by atoms with Crippen LogP contribution in [0.1, 0.15) is 22.3 Å². The van der Waals surface area contributed by atoms with E-state index < -0.39 is 23.4 Å². The molecule has 3 aromatic carbocycles. The van der Waals surface area contributed by atoms with Gasteiger partial charge in [-0.3, -0.25) is 0 Å². The summed E-state index contributed by atoms with van der Waals surface area (Å²) in [6.07, 6.45) is -3.65. The predicted octanol–water partition coefficient (Wildman–Crippen LogP) is 5.07. The molecular formula is C25H22F3NO2. The molecule has 0 fully saturated rings. The number of benzene rings is 3. The zero-order valence-electron chi connectivity index (χ0n) is 16.7. The van der Waals surface area contributed by atoms with Crippen molar-refractivity contribution in [1.29, 1.82) is 0 Å². The summed E-state index contributed by atoms with van der Waals surface area (Å²) in [5.41, 5.74) is 0.461. The first-order valence-corrected chi connectivity index (χ1v) is 10.0. The van der Waals surface area contributed by atoms with Gasteiger partial charge >= 0.3 is 6.18 Å². The maximum absolute atomic E-state index is 12.8. The zero-order chi connectivity index (χ0) is 21.9. The highest BCUT2D eigenvalue weighted by molar-refractivity contribution is 5.95. The van der Waals surface area contributed by atoms with Crippen molar-refractivity contribution in [3.8, 4) is 0 Å². The fraction of sp³-hybridized carbons (Fsp3) is 0.240. The lowest BCUT2D eigenvalue weighted by molar-refractivity contribution is -0.137. The largest absolute Gasteiger partial charge is 0.475 e. The van der Waals surface area contributed by atoms with E-state index in [1.54, 1.807) is 0 Å². The van der Waals surface area contributed by atoms with Gasteiger partial charge < -0.3 is 9.84 Å². The van der Waals surface area contributed by atoms with Crippen molar-refractivity contribution in [2.24, 2.45) is 4.99 Å². The molecule has 0 bridgehead atoms. The molecule has 160 valence electrons. The number of ether oxygens (including phenoxy) is 1. The fourth-order valence-corrected chi connectivity index (χ4v) is 3.81. The van der Waals surface area contributed by atoms with Crippen LogP contribution in [0.2, 0.25) is 0 Å². The smallest absolute Gasteiger partial charge is 0.416 e. The standard InChI is InChI=1S/C25H22F3NO2/c26-25(27,28)21-13-11-20(12-14-21)23-29-22(17-31-23)24(30,15-18-7-3-1-4-8-18)16-19-9-5-2-6-10-19/h1-14,22,30H,15-17H2/t22-/m0/s1. The number of aliphatic hydroxyl groups is 1. The molecule has 1 atom stereocenters. The Kier molecular flexibility index (Phi) is 5.83. The highest BCUT2D eigenvalue weighted by Crippen LogP contribution is 2.31. The Balaban J connectivity index is 1.61. The molecule has 0 amide bonds. The van der Waals surface area contributed by atoms with Crippen molar-refractivity contribution in [2.75, 3.05) is 6.61 Å². The molecule has 1 heterocycles. The number of halogens is 3. The van der Waals surface area contributed by atoms with Gasteiger partial charge in [-0.05, 0) is 35.4 Å². The van der Waals surface area contributed by atoms with Gasteiger partial charge in [-0.25, -0.2) is 4.99 Å². The third-order valence-corrected chi connectivity index (χ3v) is 5.44. The van der Waals surface area contributed by atoms with Gasteiger partial charge in [0.1, 0.15) is 12.6 Å². The summed E-state index contributed by atoms with van der Waals surface area (Å²) in [4.78, 5) is 4.58. The molecule has 0 unspecified atom stereocenters. The minimum Gasteiger partial charge on any atom is -0.475 e. The van der Waals surface area contributed by atoms with Gasteiger partial charge in [0.2, 0.25) is 5.90 Å². The summed E-state index contributed by atoms with van der Waals surface area (Å²) < 4.78 is 44.2. The highest BCUT2D eigenvalue weighted by Gasteiger charge is 2.41. The van der Waals surface area contributed by atoms with E-state index in [2.05, 4.69) is 4.99 Å². The highest BCUT2D eigenvalue weighted by atomic mass is 19.4. The first-order chi connectivity index (χ1) is 14.8. The Labute approximate surface area is 178 Å². The minimum atomic E-state index is -4.40. The van der Waals surface area contributed by atoms with Crippen molar-refractivity contribution in [2.45, 2.75) is 30.7 Å². The Morgan fingerprint density at radius 3 is 1.81 bits per heavy atom. The van der Waals surface area contributed by atoms with Crippen LogP contribution in [0.5, 0.6) is 0 Å². The molecule has 0 radical (unpaired) electrons. The molecule has 0 aliphatic carbocycles. The lowest BCUT2D eigenvalue weighted by Gasteiger charge is -2.32. The fourth-order valence-electron chi connectivity index (χ4n) is 3.81. The van der Waals surface area contributed by atoms with Crippen molar-refractivity contribution in [1.82, 2.24) is 0 Å². The van der Waals surface area contributed by atoms with Crippen LogP contribution in [0.25, 0.3) is 0 Å². The van der Waals surface area contributed by atoms with Crippen LogP contribution in [0.4, 0.5) is 13.2 Å². The number of hydrogen-bond acceptors (Lipinski definition) is 3. The second kappa shape index (κ2) is 8.55. The molecule has 1 aliphatic rings. The Hall–Kier alpha value is -3.12. The van der Waals surface area contributed by atoms with Gasteiger partial charge in [0.15, 0.2) is 0 Å². The number of alkyl halides is 3. The Morgan fingerprint density at radius 2 is 1.32 bits per heavy atom.